The van der Waals surface area contributed by atoms with E-state index >= 15 is 0 Å². The van der Waals surface area contributed by atoms with Crippen LogP contribution in [0.3, 0.4) is 0 Å². The van der Waals surface area contributed by atoms with Gasteiger partial charge in [-0.25, -0.2) is 4.39 Å². The molecule has 4 aromatic rings. The van der Waals surface area contributed by atoms with E-state index in [0.717, 1.165) is 16.7 Å². The number of carbonyl (C=O) groups excluding carboxylic acids is 2. The van der Waals surface area contributed by atoms with Crippen LogP contribution in [0.1, 0.15) is 43.6 Å². The molecule has 1 atom stereocenters. The lowest BCUT2D eigenvalue weighted by molar-refractivity contribution is 0.0941. The Kier molecular flexibility index (Phi) is 6.12. The standard InChI is InChI=1S/C26H21FN2O3/c1-17-9-10-20(16-22(17)28-26(31)23-8-5-15-32-23)25(30)29-24(18-6-3-2-4-7-18)19-11-13-21(27)14-12-19/h2-16,24H,1H3,(H,28,31)(H,29,30). The zero-order valence-corrected chi connectivity index (χ0v) is 17.3. The predicted octanol–water partition coefficient (Wildman–Crippen LogP) is 5.50. The minimum Gasteiger partial charge on any atom is -0.459 e. The largest absolute Gasteiger partial charge is 0.459 e. The summed E-state index contributed by atoms with van der Waals surface area (Å²) >= 11 is 0. The Morgan fingerprint density at radius 1 is 0.844 bits per heavy atom. The molecule has 2 amide bonds. The SMILES string of the molecule is Cc1ccc(C(=O)NC(c2ccccc2)c2ccc(F)cc2)cc1NC(=O)c1ccco1. The second-order valence-electron chi connectivity index (χ2n) is 7.33. The number of nitrogens with one attached hydrogen (secondary N) is 2. The van der Waals surface area contributed by atoms with Crippen LogP contribution in [0.2, 0.25) is 0 Å². The van der Waals surface area contributed by atoms with Gasteiger partial charge in [0.05, 0.1) is 12.3 Å². The minimum absolute atomic E-state index is 0.180. The summed E-state index contributed by atoms with van der Waals surface area (Å²) < 4.78 is 18.6. The topological polar surface area (TPSA) is 71.3 Å². The van der Waals surface area contributed by atoms with Gasteiger partial charge < -0.3 is 15.1 Å². The van der Waals surface area contributed by atoms with Crippen LogP contribution in [0.25, 0.3) is 0 Å². The number of anilines is 1. The minimum atomic E-state index is -0.466. The number of hydrogen-bond acceptors (Lipinski definition) is 3. The summed E-state index contributed by atoms with van der Waals surface area (Å²) in [7, 11) is 0. The van der Waals surface area contributed by atoms with Crippen LogP contribution >= 0.6 is 0 Å². The molecule has 4 rings (SSSR count). The van der Waals surface area contributed by atoms with E-state index in [1.165, 1.54) is 18.4 Å². The molecule has 6 heteroatoms. The Labute approximate surface area is 184 Å². The van der Waals surface area contributed by atoms with Crippen molar-refractivity contribution in [2.75, 3.05) is 5.32 Å². The number of amides is 2. The van der Waals surface area contributed by atoms with Crippen molar-refractivity contribution < 1.29 is 18.4 Å². The third kappa shape index (κ3) is 4.75. The van der Waals surface area contributed by atoms with E-state index < -0.39 is 11.9 Å². The molecule has 0 bridgehead atoms. The number of hydrogen-bond donors (Lipinski definition) is 2. The highest BCUT2D eigenvalue weighted by molar-refractivity contribution is 6.04. The van der Waals surface area contributed by atoms with E-state index in [-0.39, 0.29) is 17.5 Å². The number of carbonyl (C=O) groups is 2. The monoisotopic (exact) mass is 428 g/mol. The maximum atomic E-state index is 13.4. The highest BCUT2D eigenvalue weighted by Crippen LogP contribution is 2.24. The first-order valence-electron chi connectivity index (χ1n) is 10.1. The van der Waals surface area contributed by atoms with Crippen molar-refractivity contribution in [1.82, 2.24) is 5.32 Å². The zero-order valence-electron chi connectivity index (χ0n) is 17.3. The molecule has 2 N–H and O–H groups in total. The van der Waals surface area contributed by atoms with Gasteiger partial charge in [0.25, 0.3) is 11.8 Å². The second kappa shape index (κ2) is 9.31. The highest BCUT2D eigenvalue weighted by atomic mass is 19.1. The molecule has 0 fully saturated rings. The lowest BCUT2D eigenvalue weighted by Gasteiger charge is -2.20. The van der Waals surface area contributed by atoms with Crippen LogP contribution in [0.4, 0.5) is 10.1 Å². The van der Waals surface area contributed by atoms with Crippen LogP contribution in [-0.2, 0) is 0 Å². The van der Waals surface area contributed by atoms with Crippen molar-refractivity contribution in [1.29, 1.82) is 0 Å². The van der Waals surface area contributed by atoms with Crippen LogP contribution in [0.5, 0.6) is 0 Å². The molecule has 0 spiro atoms. The molecule has 0 saturated carbocycles. The van der Waals surface area contributed by atoms with Crippen LogP contribution in [-0.4, -0.2) is 11.8 Å². The molecule has 1 heterocycles. The first-order valence-corrected chi connectivity index (χ1v) is 10.1. The van der Waals surface area contributed by atoms with Gasteiger partial charge in [0.1, 0.15) is 5.82 Å². The molecule has 0 saturated heterocycles. The van der Waals surface area contributed by atoms with Gasteiger partial charge in [0.2, 0.25) is 0 Å². The molecule has 3 aromatic carbocycles. The smallest absolute Gasteiger partial charge is 0.291 e. The normalized spacial score (nSPS) is 11.6. The van der Waals surface area contributed by atoms with Crippen molar-refractivity contribution in [2.45, 2.75) is 13.0 Å². The molecule has 0 aliphatic rings. The van der Waals surface area contributed by atoms with Gasteiger partial charge in [0, 0.05) is 11.3 Å². The Bertz CT molecular complexity index is 1220. The first-order chi connectivity index (χ1) is 15.5. The van der Waals surface area contributed by atoms with Gasteiger partial charge in [-0.15, -0.1) is 0 Å². The zero-order chi connectivity index (χ0) is 22.5. The van der Waals surface area contributed by atoms with Crippen LogP contribution in [0, 0.1) is 12.7 Å². The maximum Gasteiger partial charge on any atom is 0.291 e. The van der Waals surface area contributed by atoms with Crippen LogP contribution < -0.4 is 10.6 Å². The highest BCUT2D eigenvalue weighted by Gasteiger charge is 2.19. The lowest BCUT2D eigenvalue weighted by atomic mass is 9.98. The maximum absolute atomic E-state index is 13.4. The quantitative estimate of drug-likeness (QED) is 0.426. The summed E-state index contributed by atoms with van der Waals surface area (Å²) in [6.45, 7) is 1.84. The molecule has 0 radical (unpaired) electrons. The van der Waals surface area contributed by atoms with Crippen molar-refractivity contribution >= 4 is 17.5 Å². The van der Waals surface area contributed by atoms with Crippen molar-refractivity contribution in [3.63, 3.8) is 0 Å². The number of furan rings is 1. The molecular formula is C26H21FN2O3. The molecule has 5 nitrogen and oxygen atoms in total. The van der Waals surface area contributed by atoms with Gasteiger partial charge in [-0.2, -0.15) is 0 Å². The van der Waals surface area contributed by atoms with Crippen molar-refractivity contribution in [3.8, 4) is 0 Å². The summed E-state index contributed by atoms with van der Waals surface area (Å²) in [5.41, 5.74) is 3.32. The number of aryl methyl sites for hydroxylation is 1. The van der Waals surface area contributed by atoms with E-state index in [9.17, 15) is 14.0 Å². The molecule has 160 valence electrons. The van der Waals surface area contributed by atoms with E-state index in [0.29, 0.717) is 11.3 Å². The van der Waals surface area contributed by atoms with E-state index in [4.69, 9.17) is 4.42 Å². The Balaban J connectivity index is 1.59. The lowest BCUT2D eigenvalue weighted by Crippen LogP contribution is -2.29. The average molecular weight is 428 g/mol. The molecular weight excluding hydrogens is 407 g/mol. The average Bonchev–Trinajstić information content (AvgIpc) is 3.35. The van der Waals surface area contributed by atoms with Crippen LogP contribution in [0.15, 0.2) is 95.6 Å². The van der Waals surface area contributed by atoms with Gasteiger partial charge in [-0.3, -0.25) is 9.59 Å². The van der Waals surface area contributed by atoms with E-state index in [1.807, 2.05) is 37.3 Å². The molecule has 0 aliphatic carbocycles. The molecule has 0 aliphatic heterocycles. The van der Waals surface area contributed by atoms with Gasteiger partial charge in [0.15, 0.2) is 5.76 Å². The van der Waals surface area contributed by atoms with E-state index in [1.54, 1.807) is 42.5 Å². The van der Waals surface area contributed by atoms with Gasteiger partial charge >= 0.3 is 0 Å². The number of rotatable bonds is 6. The second-order valence-corrected chi connectivity index (χ2v) is 7.33. The number of benzene rings is 3. The Morgan fingerprint density at radius 2 is 1.56 bits per heavy atom. The summed E-state index contributed by atoms with van der Waals surface area (Å²) in [5, 5.41) is 5.80. The summed E-state index contributed by atoms with van der Waals surface area (Å²) in [4.78, 5) is 25.5. The first kappa shape index (κ1) is 21.1. The fourth-order valence-electron chi connectivity index (χ4n) is 3.36. The third-order valence-electron chi connectivity index (χ3n) is 5.10. The van der Waals surface area contributed by atoms with E-state index in [2.05, 4.69) is 10.6 Å². The van der Waals surface area contributed by atoms with Gasteiger partial charge in [-0.05, 0) is 60.0 Å². The van der Waals surface area contributed by atoms with Crippen molar-refractivity contribution in [2.24, 2.45) is 0 Å². The Hall–Kier alpha value is -4.19. The van der Waals surface area contributed by atoms with Gasteiger partial charge in [-0.1, -0.05) is 48.5 Å². The predicted molar refractivity (Wildman–Crippen MR) is 120 cm³/mol. The van der Waals surface area contributed by atoms with Crippen molar-refractivity contribution in [3.05, 3.63) is 125 Å². The molecule has 1 aromatic heterocycles. The molecule has 32 heavy (non-hydrogen) atoms. The molecule has 1 unspecified atom stereocenters. The summed E-state index contributed by atoms with van der Waals surface area (Å²) in [6.07, 6.45) is 1.42. The fraction of sp³-hybridized carbons (Fsp3) is 0.0769. The third-order valence-corrected chi connectivity index (χ3v) is 5.10. The fourth-order valence-corrected chi connectivity index (χ4v) is 3.36. The summed E-state index contributed by atoms with van der Waals surface area (Å²) in [6, 6.07) is 23.3. The Morgan fingerprint density at radius 3 is 2.25 bits per heavy atom. The number of halogens is 1. The summed E-state index contributed by atoms with van der Waals surface area (Å²) in [5.74, 6) is -0.886.